The Balaban J connectivity index is 1.94. The van der Waals surface area contributed by atoms with Gasteiger partial charge in [-0.2, -0.15) is 13.2 Å². The SMILES string of the molecule is CC(Oc1ccc(Br)cc1)C(=O)Nc1cccc(OCC(F)(F)F)c1. The lowest BCUT2D eigenvalue weighted by Crippen LogP contribution is -2.30. The third-order valence-corrected chi connectivity index (χ3v) is 3.53. The van der Waals surface area contributed by atoms with Crippen LogP contribution >= 0.6 is 15.9 Å². The molecule has 0 fully saturated rings. The second kappa shape index (κ2) is 8.24. The van der Waals surface area contributed by atoms with Crippen LogP contribution in [-0.2, 0) is 4.79 Å². The van der Waals surface area contributed by atoms with Crippen LogP contribution in [0.3, 0.4) is 0 Å². The minimum Gasteiger partial charge on any atom is -0.484 e. The summed E-state index contributed by atoms with van der Waals surface area (Å²) in [6.07, 6.45) is -5.22. The van der Waals surface area contributed by atoms with Crippen LogP contribution in [0, 0.1) is 0 Å². The number of alkyl halides is 3. The quantitative estimate of drug-likeness (QED) is 0.734. The first-order valence-corrected chi connectivity index (χ1v) is 8.05. The van der Waals surface area contributed by atoms with Crippen molar-refractivity contribution in [3.05, 3.63) is 53.0 Å². The van der Waals surface area contributed by atoms with Crippen LogP contribution in [0.25, 0.3) is 0 Å². The van der Waals surface area contributed by atoms with Crippen molar-refractivity contribution in [3.63, 3.8) is 0 Å². The molecule has 2 rings (SSSR count). The summed E-state index contributed by atoms with van der Waals surface area (Å²) >= 11 is 3.30. The largest absolute Gasteiger partial charge is 0.484 e. The number of ether oxygens (including phenoxy) is 2. The zero-order valence-electron chi connectivity index (χ0n) is 13.1. The Bertz CT molecular complexity index is 720. The van der Waals surface area contributed by atoms with Crippen LogP contribution < -0.4 is 14.8 Å². The molecular weight excluding hydrogens is 403 g/mol. The van der Waals surface area contributed by atoms with Gasteiger partial charge in [0.05, 0.1) is 0 Å². The fourth-order valence-electron chi connectivity index (χ4n) is 1.84. The van der Waals surface area contributed by atoms with Crippen LogP contribution in [0.4, 0.5) is 18.9 Å². The standard InChI is InChI=1S/C17H15BrF3NO3/c1-11(25-14-7-5-12(18)6-8-14)16(23)22-13-3-2-4-15(9-13)24-10-17(19,20)21/h2-9,11H,10H2,1H3,(H,22,23). The second-order valence-corrected chi connectivity index (χ2v) is 6.05. The predicted molar refractivity (Wildman–Crippen MR) is 90.9 cm³/mol. The zero-order valence-corrected chi connectivity index (χ0v) is 14.7. The number of hydrogen-bond acceptors (Lipinski definition) is 3. The van der Waals surface area contributed by atoms with Gasteiger partial charge in [-0.3, -0.25) is 4.79 Å². The molecular formula is C17H15BrF3NO3. The number of benzene rings is 2. The van der Waals surface area contributed by atoms with E-state index < -0.39 is 24.8 Å². The number of anilines is 1. The molecule has 1 atom stereocenters. The lowest BCUT2D eigenvalue weighted by atomic mass is 10.2. The molecule has 1 amide bonds. The van der Waals surface area contributed by atoms with Crippen molar-refractivity contribution in [2.75, 3.05) is 11.9 Å². The molecule has 0 aliphatic carbocycles. The summed E-state index contributed by atoms with van der Waals surface area (Å²) in [4.78, 5) is 12.1. The molecule has 0 aromatic heterocycles. The molecule has 0 bridgehead atoms. The van der Waals surface area contributed by atoms with E-state index in [4.69, 9.17) is 4.74 Å². The lowest BCUT2D eigenvalue weighted by Gasteiger charge is -2.15. The first-order chi connectivity index (χ1) is 11.7. The van der Waals surface area contributed by atoms with Gasteiger partial charge in [0.2, 0.25) is 0 Å². The van der Waals surface area contributed by atoms with E-state index in [2.05, 4.69) is 26.0 Å². The molecule has 4 nitrogen and oxygen atoms in total. The van der Waals surface area contributed by atoms with Crippen molar-refractivity contribution >= 4 is 27.5 Å². The smallest absolute Gasteiger partial charge is 0.422 e. The molecule has 2 aromatic rings. The molecule has 25 heavy (non-hydrogen) atoms. The number of hydrogen-bond donors (Lipinski definition) is 1. The van der Waals surface area contributed by atoms with Gasteiger partial charge in [-0.15, -0.1) is 0 Å². The van der Waals surface area contributed by atoms with E-state index in [1.165, 1.54) is 18.2 Å². The molecule has 0 spiro atoms. The van der Waals surface area contributed by atoms with Gasteiger partial charge in [0.1, 0.15) is 11.5 Å². The number of halogens is 4. The highest BCUT2D eigenvalue weighted by atomic mass is 79.9. The average molecular weight is 418 g/mol. The molecule has 0 saturated heterocycles. The summed E-state index contributed by atoms with van der Waals surface area (Å²) in [7, 11) is 0. The van der Waals surface area contributed by atoms with Crippen molar-refractivity contribution in [2.45, 2.75) is 19.2 Å². The average Bonchev–Trinajstić information content (AvgIpc) is 2.55. The zero-order chi connectivity index (χ0) is 18.4. The van der Waals surface area contributed by atoms with Crippen molar-refractivity contribution in [2.24, 2.45) is 0 Å². The maximum Gasteiger partial charge on any atom is 0.422 e. The highest BCUT2D eigenvalue weighted by molar-refractivity contribution is 9.10. The summed E-state index contributed by atoms with van der Waals surface area (Å²) in [5.41, 5.74) is 0.316. The number of rotatable bonds is 6. The fraction of sp³-hybridized carbons (Fsp3) is 0.235. The lowest BCUT2D eigenvalue weighted by molar-refractivity contribution is -0.153. The maximum absolute atomic E-state index is 12.2. The molecule has 8 heteroatoms. The van der Waals surface area contributed by atoms with Crippen molar-refractivity contribution in [1.29, 1.82) is 0 Å². The number of carbonyl (C=O) groups excluding carboxylic acids is 1. The Labute approximate surface area is 151 Å². The fourth-order valence-corrected chi connectivity index (χ4v) is 2.11. The Morgan fingerprint density at radius 2 is 1.84 bits per heavy atom. The van der Waals surface area contributed by atoms with Crippen LogP contribution in [0.1, 0.15) is 6.92 Å². The topological polar surface area (TPSA) is 47.6 Å². The third kappa shape index (κ3) is 6.66. The van der Waals surface area contributed by atoms with Crippen molar-refractivity contribution in [3.8, 4) is 11.5 Å². The molecule has 1 unspecified atom stereocenters. The molecule has 0 heterocycles. The number of amides is 1. The predicted octanol–water partition coefficient (Wildman–Crippen LogP) is 4.80. The maximum atomic E-state index is 12.2. The van der Waals surface area contributed by atoms with Gasteiger partial charge in [0, 0.05) is 16.2 Å². The Morgan fingerprint density at radius 3 is 2.48 bits per heavy atom. The van der Waals surface area contributed by atoms with E-state index in [-0.39, 0.29) is 5.75 Å². The van der Waals surface area contributed by atoms with Crippen LogP contribution in [-0.4, -0.2) is 24.8 Å². The van der Waals surface area contributed by atoms with Gasteiger partial charge in [0.15, 0.2) is 12.7 Å². The van der Waals surface area contributed by atoms with Gasteiger partial charge < -0.3 is 14.8 Å². The Hall–Kier alpha value is -2.22. The summed E-state index contributed by atoms with van der Waals surface area (Å²) in [6.45, 7) is 0.175. The highest BCUT2D eigenvalue weighted by Crippen LogP contribution is 2.22. The summed E-state index contributed by atoms with van der Waals surface area (Å²) in [5.74, 6) is 0.0978. The third-order valence-electron chi connectivity index (χ3n) is 3.00. The molecule has 2 aromatic carbocycles. The van der Waals surface area contributed by atoms with E-state index in [9.17, 15) is 18.0 Å². The van der Waals surface area contributed by atoms with Crippen molar-refractivity contribution < 1.29 is 27.4 Å². The molecule has 1 N–H and O–H groups in total. The normalized spacial score (nSPS) is 12.4. The Kier molecular flexibility index (Phi) is 6.30. The number of nitrogens with one attached hydrogen (secondary N) is 1. The van der Waals surface area contributed by atoms with E-state index >= 15 is 0 Å². The van der Waals surface area contributed by atoms with Gasteiger partial charge >= 0.3 is 6.18 Å². The van der Waals surface area contributed by atoms with Crippen LogP contribution in [0.15, 0.2) is 53.0 Å². The van der Waals surface area contributed by atoms with E-state index in [1.54, 1.807) is 37.3 Å². The van der Waals surface area contributed by atoms with Crippen LogP contribution in [0.5, 0.6) is 11.5 Å². The van der Waals surface area contributed by atoms with E-state index in [1.807, 2.05) is 0 Å². The van der Waals surface area contributed by atoms with Gasteiger partial charge in [-0.25, -0.2) is 0 Å². The molecule has 134 valence electrons. The highest BCUT2D eigenvalue weighted by Gasteiger charge is 2.28. The summed E-state index contributed by atoms with van der Waals surface area (Å²) < 4.78 is 47.6. The van der Waals surface area contributed by atoms with Gasteiger partial charge in [0.25, 0.3) is 5.91 Å². The molecule has 0 aliphatic rings. The molecule has 0 saturated carbocycles. The molecule has 0 aliphatic heterocycles. The summed E-state index contributed by atoms with van der Waals surface area (Å²) in [5, 5.41) is 2.58. The van der Waals surface area contributed by atoms with Crippen molar-refractivity contribution in [1.82, 2.24) is 0 Å². The minimum atomic E-state index is -4.42. The molecule has 0 radical (unpaired) electrons. The van der Waals surface area contributed by atoms with Gasteiger partial charge in [-0.05, 0) is 43.3 Å². The Morgan fingerprint density at radius 1 is 1.16 bits per heavy atom. The number of carbonyl (C=O) groups is 1. The van der Waals surface area contributed by atoms with E-state index in [0.717, 1.165) is 4.47 Å². The first kappa shape index (κ1) is 19.1. The summed E-state index contributed by atoms with van der Waals surface area (Å²) in [6, 6.07) is 12.7. The second-order valence-electron chi connectivity index (χ2n) is 5.13. The first-order valence-electron chi connectivity index (χ1n) is 7.25. The minimum absolute atomic E-state index is 0.0107. The van der Waals surface area contributed by atoms with Crippen LogP contribution in [0.2, 0.25) is 0 Å². The van der Waals surface area contributed by atoms with Gasteiger partial charge in [-0.1, -0.05) is 22.0 Å². The van der Waals surface area contributed by atoms with E-state index in [0.29, 0.717) is 11.4 Å². The monoisotopic (exact) mass is 417 g/mol.